The van der Waals surface area contributed by atoms with Crippen molar-refractivity contribution in [1.29, 1.82) is 0 Å². The molecule has 3 rings (SSSR count). The highest BCUT2D eigenvalue weighted by molar-refractivity contribution is 5.83. The van der Waals surface area contributed by atoms with Crippen LogP contribution in [0.5, 0.6) is 0 Å². The molecule has 0 bridgehead atoms. The van der Waals surface area contributed by atoms with E-state index in [0.717, 1.165) is 32.4 Å². The van der Waals surface area contributed by atoms with Crippen molar-refractivity contribution in [2.24, 2.45) is 11.8 Å². The summed E-state index contributed by atoms with van der Waals surface area (Å²) in [5.41, 5.74) is 2.66. The second-order valence-corrected chi connectivity index (χ2v) is 7.70. The van der Waals surface area contributed by atoms with Gasteiger partial charge in [-0.1, -0.05) is 38.1 Å². The molecule has 1 N–H and O–H groups in total. The normalized spacial score (nSPS) is 28.7. The lowest BCUT2D eigenvalue weighted by atomic mass is 9.93. The second kappa shape index (κ2) is 6.64. The van der Waals surface area contributed by atoms with Gasteiger partial charge in [0.2, 0.25) is 5.91 Å². The summed E-state index contributed by atoms with van der Waals surface area (Å²) in [7, 11) is 0. The third-order valence-electron chi connectivity index (χ3n) is 5.59. The molecule has 1 aromatic carbocycles. The largest absolute Gasteiger partial charge is 0.393 e. The minimum absolute atomic E-state index is 0.160. The summed E-state index contributed by atoms with van der Waals surface area (Å²) in [6.07, 6.45) is 2.72. The second-order valence-electron chi connectivity index (χ2n) is 7.70. The van der Waals surface area contributed by atoms with Crippen LogP contribution in [0.25, 0.3) is 0 Å². The van der Waals surface area contributed by atoms with Gasteiger partial charge in [-0.3, -0.25) is 4.79 Å². The SMILES string of the molecule is CC(C)c1ccc(C2CC2C(=O)N2CCCC(C(C)O)C2)cc1. The lowest BCUT2D eigenvalue weighted by Gasteiger charge is -2.34. The average molecular weight is 315 g/mol. The van der Waals surface area contributed by atoms with Crippen LogP contribution in [0, 0.1) is 11.8 Å². The Bertz CT molecular complexity index is 549. The van der Waals surface area contributed by atoms with E-state index in [1.165, 1.54) is 11.1 Å². The molecule has 4 atom stereocenters. The molecule has 4 unspecified atom stereocenters. The van der Waals surface area contributed by atoms with Gasteiger partial charge in [0.1, 0.15) is 0 Å². The van der Waals surface area contributed by atoms with Crippen LogP contribution >= 0.6 is 0 Å². The average Bonchev–Trinajstić information content (AvgIpc) is 3.35. The van der Waals surface area contributed by atoms with Gasteiger partial charge in [-0.25, -0.2) is 0 Å². The van der Waals surface area contributed by atoms with Crippen LogP contribution in [-0.4, -0.2) is 35.1 Å². The molecule has 1 amide bonds. The monoisotopic (exact) mass is 315 g/mol. The molecule has 0 spiro atoms. The molecule has 3 heteroatoms. The fraction of sp³-hybridized carbons (Fsp3) is 0.650. The molecule has 1 aliphatic carbocycles. The highest BCUT2D eigenvalue weighted by Crippen LogP contribution is 2.49. The van der Waals surface area contributed by atoms with Gasteiger partial charge >= 0.3 is 0 Å². The van der Waals surface area contributed by atoms with Crippen LogP contribution in [0.3, 0.4) is 0 Å². The minimum Gasteiger partial charge on any atom is -0.393 e. The number of aliphatic hydroxyl groups excluding tert-OH is 1. The third-order valence-corrected chi connectivity index (χ3v) is 5.59. The molecule has 0 radical (unpaired) electrons. The van der Waals surface area contributed by atoms with E-state index in [4.69, 9.17) is 0 Å². The van der Waals surface area contributed by atoms with E-state index in [0.29, 0.717) is 17.7 Å². The zero-order valence-corrected chi connectivity index (χ0v) is 14.5. The van der Waals surface area contributed by atoms with E-state index in [1.54, 1.807) is 0 Å². The number of likely N-dealkylation sites (tertiary alicyclic amines) is 1. The van der Waals surface area contributed by atoms with Crippen molar-refractivity contribution in [2.45, 2.75) is 58.0 Å². The minimum atomic E-state index is -0.316. The predicted octanol–water partition coefficient (Wildman–Crippen LogP) is 3.53. The zero-order chi connectivity index (χ0) is 16.6. The first-order valence-electron chi connectivity index (χ1n) is 9.04. The first-order chi connectivity index (χ1) is 11.0. The molecule has 1 heterocycles. The number of rotatable bonds is 4. The first-order valence-corrected chi connectivity index (χ1v) is 9.04. The van der Waals surface area contributed by atoms with E-state index in [2.05, 4.69) is 38.1 Å². The molecular formula is C20H29NO2. The first kappa shape index (κ1) is 16.5. The van der Waals surface area contributed by atoms with Crippen molar-refractivity contribution in [3.63, 3.8) is 0 Å². The molecule has 2 fully saturated rings. The van der Waals surface area contributed by atoms with Gasteiger partial charge in [-0.2, -0.15) is 0 Å². The molecule has 1 aliphatic heterocycles. The Balaban J connectivity index is 1.60. The van der Waals surface area contributed by atoms with Gasteiger partial charge in [0, 0.05) is 24.9 Å². The summed E-state index contributed by atoms with van der Waals surface area (Å²) < 4.78 is 0. The Kier molecular flexibility index (Phi) is 4.77. The third kappa shape index (κ3) is 3.60. The summed E-state index contributed by atoms with van der Waals surface area (Å²) in [5, 5.41) is 9.79. The van der Waals surface area contributed by atoms with E-state index in [-0.39, 0.29) is 17.9 Å². The maximum atomic E-state index is 12.7. The lowest BCUT2D eigenvalue weighted by Crippen LogP contribution is -2.43. The fourth-order valence-corrected chi connectivity index (χ4v) is 3.80. The summed E-state index contributed by atoms with van der Waals surface area (Å²) in [4.78, 5) is 14.7. The summed E-state index contributed by atoms with van der Waals surface area (Å²) >= 11 is 0. The standard InChI is InChI=1S/C20H29NO2/c1-13(2)15-6-8-16(9-7-15)18-11-19(18)20(23)21-10-4-5-17(12-21)14(3)22/h6-9,13-14,17-19,22H,4-5,10-12H2,1-3H3. The smallest absolute Gasteiger partial charge is 0.226 e. The van der Waals surface area contributed by atoms with Crippen molar-refractivity contribution < 1.29 is 9.90 Å². The Labute approximate surface area is 139 Å². The van der Waals surface area contributed by atoms with Crippen LogP contribution in [0.2, 0.25) is 0 Å². The van der Waals surface area contributed by atoms with Crippen molar-refractivity contribution >= 4 is 5.91 Å². The van der Waals surface area contributed by atoms with Crippen LogP contribution in [0.15, 0.2) is 24.3 Å². The number of aliphatic hydroxyl groups is 1. The fourth-order valence-electron chi connectivity index (χ4n) is 3.80. The summed E-state index contributed by atoms with van der Waals surface area (Å²) in [6.45, 7) is 7.83. The number of hydrogen-bond acceptors (Lipinski definition) is 2. The number of carbonyl (C=O) groups excluding carboxylic acids is 1. The van der Waals surface area contributed by atoms with Crippen LogP contribution in [-0.2, 0) is 4.79 Å². The molecule has 23 heavy (non-hydrogen) atoms. The maximum Gasteiger partial charge on any atom is 0.226 e. The van der Waals surface area contributed by atoms with E-state index in [1.807, 2.05) is 11.8 Å². The van der Waals surface area contributed by atoms with Crippen molar-refractivity contribution in [2.75, 3.05) is 13.1 Å². The molecule has 1 saturated carbocycles. The van der Waals surface area contributed by atoms with Crippen LogP contribution in [0.4, 0.5) is 0 Å². The number of benzene rings is 1. The van der Waals surface area contributed by atoms with Crippen LogP contribution < -0.4 is 0 Å². The molecule has 1 aromatic rings. The Morgan fingerprint density at radius 3 is 2.52 bits per heavy atom. The highest BCUT2D eigenvalue weighted by atomic mass is 16.3. The van der Waals surface area contributed by atoms with Gasteiger partial charge in [-0.05, 0) is 49.1 Å². The Hall–Kier alpha value is -1.35. The van der Waals surface area contributed by atoms with Gasteiger partial charge in [-0.15, -0.1) is 0 Å². The Morgan fingerprint density at radius 2 is 1.91 bits per heavy atom. The topological polar surface area (TPSA) is 40.5 Å². The molecule has 126 valence electrons. The summed E-state index contributed by atoms with van der Waals surface area (Å²) in [5.74, 6) is 1.65. The lowest BCUT2D eigenvalue weighted by molar-refractivity contribution is -0.135. The zero-order valence-electron chi connectivity index (χ0n) is 14.5. The molecule has 2 aliphatic rings. The Morgan fingerprint density at radius 1 is 1.22 bits per heavy atom. The van der Waals surface area contributed by atoms with Crippen molar-refractivity contribution in [3.8, 4) is 0 Å². The molecular weight excluding hydrogens is 286 g/mol. The summed E-state index contributed by atoms with van der Waals surface area (Å²) in [6, 6.07) is 8.79. The number of nitrogens with zero attached hydrogens (tertiary/aromatic N) is 1. The number of carbonyl (C=O) groups is 1. The van der Waals surface area contributed by atoms with Gasteiger partial charge in [0.15, 0.2) is 0 Å². The molecule has 1 saturated heterocycles. The highest BCUT2D eigenvalue weighted by Gasteiger charge is 2.46. The molecule has 0 aromatic heterocycles. The van der Waals surface area contributed by atoms with Crippen molar-refractivity contribution in [3.05, 3.63) is 35.4 Å². The number of hydrogen-bond donors (Lipinski definition) is 1. The van der Waals surface area contributed by atoms with E-state index in [9.17, 15) is 9.90 Å². The number of amides is 1. The van der Waals surface area contributed by atoms with Crippen LogP contribution in [0.1, 0.15) is 63.0 Å². The van der Waals surface area contributed by atoms with Gasteiger partial charge in [0.25, 0.3) is 0 Å². The van der Waals surface area contributed by atoms with E-state index < -0.39 is 0 Å². The predicted molar refractivity (Wildman–Crippen MR) is 92.4 cm³/mol. The number of piperidine rings is 1. The van der Waals surface area contributed by atoms with E-state index >= 15 is 0 Å². The van der Waals surface area contributed by atoms with Crippen molar-refractivity contribution in [1.82, 2.24) is 4.90 Å². The molecule has 3 nitrogen and oxygen atoms in total. The maximum absolute atomic E-state index is 12.7. The quantitative estimate of drug-likeness (QED) is 0.923. The van der Waals surface area contributed by atoms with Gasteiger partial charge < -0.3 is 10.0 Å². The van der Waals surface area contributed by atoms with Gasteiger partial charge in [0.05, 0.1) is 6.10 Å².